The van der Waals surface area contributed by atoms with E-state index in [2.05, 4.69) is 25.7 Å². The first kappa shape index (κ1) is 9.65. The smallest absolute Gasteiger partial charge is 0.160 e. The molecule has 0 aromatic rings. The third-order valence-electron chi connectivity index (χ3n) is 0.629. The molecule has 0 aromatic heterocycles. The minimum Gasteiger partial charge on any atom is -0.344 e. The molecule has 10 heavy (non-hydrogen) atoms. The molecule has 4 heteroatoms. The van der Waals surface area contributed by atoms with Gasteiger partial charge < -0.3 is 4.89 Å². The SMILES string of the molecule is CCCOO/C=C(/Br)C=O. The van der Waals surface area contributed by atoms with Crippen LogP contribution in [-0.4, -0.2) is 12.9 Å². The molecule has 0 N–H and O–H groups in total. The minimum absolute atomic E-state index is 0.323. The molecule has 0 fully saturated rings. The van der Waals surface area contributed by atoms with E-state index in [4.69, 9.17) is 0 Å². The van der Waals surface area contributed by atoms with Gasteiger partial charge in [0.2, 0.25) is 0 Å². The molecule has 0 aliphatic heterocycles. The van der Waals surface area contributed by atoms with Gasteiger partial charge in [0.25, 0.3) is 0 Å². The second-order valence-corrected chi connectivity index (χ2v) is 2.45. The van der Waals surface area contributed by atoms with Gasteiger partial charge in [-0.1, -0.05) is 6.92 Å². The average molecular weight is 209 g/mol. The zero-order chi connectivity index (χ0) is 7.82. The zero-order valence-corrected chi connectivity index (χ0v) is 7.26. The van der Waals surface area contributed by atoms with Crippen LogP contribution in [0.5, 0.6) is 0 Å². The normalized spacial score (nSPS) is 11.2. The van der Waals surface area contributed by atoms with Gasteiger partial charge in [0.15, 0.2) is 6.29 Å². The summed E-state index contributed by atoms with van der Waals surface area (Å²) in [5, 5.41) is 0. The quantitative estimate of drug-likeness (QED) is 0.173. The molecule has 0 spiro atoms. The van der Waals surface area contributed by atoms with Gasteiger partial charge in [-0.05, 0) is 22.4 Å². The second kappa shape index (κ2) is 6.77. The first-order chi connectivity index (χ1) is 4.81. The molecule has 0 rings (SSSR count). The van der Waals surface area contributed by atoms with Crippen LogP contribution in [0.2, 0.25) is 0 Å². The molecule has 0 saturated heterocycles. The Balaban J connectivity index is 3.24. The Morgan fingerprint density at radius 3 is 2.90 bits per heavy atom. The number of carbonyl (C=O) groups is 1. The molecule has 0 heterocycles. The highest BCUT2D eigenvalue weighted by molar-refractivity contribution is 9.12. The van der Waals surface area contributed by atoms with Crippen molar-refractivity contribution in [1.82, 2.24) is 0 Å². The third kappa shape index (κ3) is 5.78. The molecule has 0 aliphatic rings. The molecule has 0 aliphatic carbocycles. The summed E-state index contributed by atoms with van der Waals surface area (Å²) in [6.07, 6.45) is 2.70. The van der Waals surface area contributed by atoms with E-state index < -0.39 is 0 Å². The fourth-order valence-electron chi connectivity index (χ4n) is 0.239. The van der Waals surface area contributed by atoms with E-state index in [9.17, 15) is 4.79 Å². The van der Waals surface area contributed by atoms with E-state index >= 15 is 0 Å². The molecular weight excluding hydrogens is 200 g/mol. The van der Waals surface area contributed by atoms with Crippen molar-refractivity contribution in [2.75, 3.05) is 6.61 Å². The first-order valence-corrected chi connectivity index (χ1v) is 3.69. The lowest BCUT2D eigenvalue weighted by atomic mass is 10.5. The van der Waals surface area contributed by atoms with Crippen LogP contribution in [-0.2, 0) is 14.6 Å². The summed E-state index contributed by atoms with van der Waals surface area (Å²) in [7, 11) is 0. The molecule has 0 radical (unpaired) electrons. The first-order valence-electron chi connectivity index (χ1n) is 2.90. The number of hydrogen-bond donors (Lipinski definition) is 0. The summed E-state index contributed by atoms with van der Waals surface area (Å²) in [6.45, 7) is 2.48. The monoisotopic (exact) mass is 208 g/mol. The zero-order valence-electron chi connectivity index (χ0n) is 5.67. The van der Waals surface area contributed by atoms with Crippen molar-refractivity contribution in [3.8, 4) is 0 Å². The van der Waals surface area contributed by atoms with Crippen LogP contribution >= 0.6 is 15.9 Å². The van der Waals surface area contributed by atoms with Crippen molar-refractivity contribution in [2.24, 2.45) is 0 Å². The van der Waals surface area contributed by atoms with Gasteiger partial charge >= 0.3 is 0 Å². The number of allylic oxidation sites excluding steroid dienone is 1. The van der Waals surface area contributed by atoms with E-state index in [1.165, 1.54) is 6.26 Å². The Hall–Kier alpha value is -0.350. The summed E-state index contributed by atoms with van der Waals surface area (Å²) in [5.41, 5.74) is 0. The Morgan fingerprint density at radius 2 is 2.40 bits per heavy atom. The lowest BCUT2D eigenvalue weighted by Gasteiger charge is -1.95. The van der Waals surface area contributed by atoms with Crippen LogP contribution in [0.15, 0.2) is 10.7 Å². The molecular formula is C6H9BrO3. The molecule has 3 nitrogen and oxygen atoms in total. The van der Waals surface area contributed by atoms with Gasteiger partial charge in [0, 0.05) is 0 Å². The van der Waals surface area contributed by atoms with E-state index in [1.54, 1.807) is 0 Å². The van der Waals surface area contributed by atoms with Gasteiger partial charge in [-0.25, -0.2) is 0 Å². The molecule has 0 unspecified atom stereocenters. The molecule has 58 valence electrons. The number of aldehydes is 1. The van der Waals surface area contributed by atoms with Crippen molar-refractivity contribution in [1.29, 1.82) is 0 Å². The van der Waals surface area contributed by atoms with Gasteiger partial charge in [-0.15, -0.1) is 0 Å². The fraction of sp³-hybridized carbons (Fsp3) is 0.500. The highest BCUT2D eigenvalue weighted by Gasteiger charge is 1.86. The van der Waals surface area contributed by atoms with Crippen molar-refractivity contribution in [3.63, 3.8) is 0 Å². The predicted molar refractivity (Wildman–Crippen MR) is 40.4 cm³/mol. The maximum atomic E-state index is 9.92. The lowest BCUT2D eigenvalue weighted by Crippen LogP contribution is -1.89. The largest absolute Gasteiger partial charge is 0.344 e. The summed E-state index contributed by atoms with van der Waals surface area (Å²) in [4.78, 5) is 19.0. The number of rotatable bonds is 5. The minimum atomic E-state index is 0.323. The lowest BCUT2D eigenvalue weighted by molar-refractivity contribution is -0.248. The van der Waals surface area contributed by atoms with E-state index in [-0.39, 0.29) is 0 Å². The van der Waals surface area contributed by atoms with Crippen molar-refractivity contribution in [2.45, 2.75) is 13.3 Å². The van der Waals surface area contributed by atoms with Crippen LogP contribution in [0.3, 0.4) is 0 Å². The van der Waals surface area contributed by atoms with Gasteiger partial charge in [0.1, 0.15) is 6.26 Å². The predicted octanol–water partition coefficient (Wildman–Crippen LogP) is 1.78. The topological polar surface area (TPSA) is 35.5 Å². The molecule has 0 saturated carbocycles. The summed E-state index contributed by atoms with van der Waals surface area (Å²) in [6, 6.07) is 0. The van der Waals surface area contributed by atoms with Crippen LogP contribution in [0.4, 0.5) is 0 Å². The van der Waals surface area contributed by atoms with Gasteiger partial charge in [-0.3, -0.25) is 4.79 Å². The van der Waals surface area contributed by atoms with Crippen LogP contribution in [0, 0.1) is 0 Å². The maximum absolute atomic E-state index is 9.92. The molecule has 0 aromatic carbocycles. The van der Waals surface area contributed by atoms with Crippen molar-refractivity contribution in [3.05, 3.63) is 10.7 Å². The number of carbonyl (C=O) groups excluding carboxylic acids is 1. The Bertz CT molecular complexity index is 122. The number of halogens is 1. The Morgan fingerprint density at radius 1 is 1.70 bits per heavy atom. The summed E-state index contributed by atoms with van der Waals surface area (Å²) in [5.74, 6) is 0. The standard InChI is InChI=1S/C6H9BrO3/c1-2-3-9-10-5-6(7)4-8/h4-5H,2-3H2,1H3/b6-5+. The van der Waals surface area contributed by atoms with Gasteiger partial charge in [0.05, 0.1) is 11.1 Å². The summed E-state index contributed by atoms with van der Waals surface area (Å²) < 4.78 is 0.323. The van der Waals surface area contributed by atoms with Crippen LogP contribution in [0.25, 0.3) is 0 Å². The second-order valence-electron chi connectivity index (χ2n) is 1.54. The summed E-state index contributed by atoms with van der Waals surface area (Å²) >= 11 is 2.92. The fourth-order valence-corrected chi connectivity index (χ4v) is 0.316. The van der Waals surface area contributed by atoms with Crippen LogP contribution in [0.1, 0.15) is 13.3 Å². The highest BCUT2D eigenvalue weighted by atomic mass is 79.9. The molecule has 0 bridgehead atoms. The van der Waals surface area contributed by atoms with E-state index in [0.29, 0.717) is 17.4 Å². The molecule has 0 amide bonds. The van der Waals surface area contributed by atoms with Gasteiger partial charge in [-0.2, -0.15) is 4.89 Å². The Labute approximate surface area is 68.1 Å². The maximum Gasteiger partial charge on any atom is 0.160 e. The number of hydrogen-bond acceptors (Lipinski definition) is 3. The molecule has 0 atom stereocenters. The third-order valence-corrected chi connectivity index (χ3v) is 1.00. The van der Waals surface area contributed by atoms with Crippen molar-refractivity contribution < 1.29 is 14.6 Å². The van der Waals surface area contributed by atoms with E-state index in [1.807, 2.05) is 6.92 Å². The highest BCUT2D eigenvalue weighted by Crippen LogP contribution is 1.99. The van der Waals surface area contributed by atoms with Crippen molar-refractivity contribution >= 4 is 22.2 Å². The average Bonchev–Trinajstić information content (AvgIpc) is 1.98. The van der Waals surface area contributed by atoms with E-state index in [0.717, 1.165) is 6.42 Å². The van der Waals surface area contributed by atoms with Crippen LogP contribution < -0.4 is 0 Å². The Kier molecular flexibility index (Phi) is 6.53.